The molecule has 142 valence electrons. The molecule has 0 aliphatic heterocycles. The second kappa shape index (κ2) is 9.27. The molecule has 8 heteroatoms. The van der Waals surface area contributed by atoms with E-state index in [4.69, 9.17) is 4.74 Å². The van der Waals surface area contributed by atoms with Gasteiger partial charge in [-0.2, -0.15) is 5.10 Å². The molecule has 0 spiro atoms. The Balaban J connectivity index is 2.00. The summed E-state index contributed by atoms with van der Waals surface area (Å²) in [5.74, 6) is 0.417. The van der Waals surface area contributed by atoms with Crippen LogP contribution in [0.2, 0.25) is 0 Å². The Labute approximate surface area is 165 Å². The van der Waals surface area contributed by atoms with Crippen molar-refractivity contribution in [3.63, 3.8) is 0 Å². The second-order valence-corrected chi connectivity index (χ2v) is 7.05. The summed E-state index contributed by atoms with van der Waals surface area (Å²) >= 11 is 3.50. The minimum Gasteiger partial charge on any atom is -0.483 e. The largest absolute Gasteiger partial charge is 0.483 e. The summed E-state index contributed by atoms with van der Waals surface area (Å²) in [6.45, 7) is 5.81. The molecule has 0 aromatic heterocycles. The molecule has 0 aliphatic carbocycles. The normalized spacial score (nSPS) is 11.0. The Morgan fingerprint density at radius 2 is 2.07 bits per heavy atom. The fourth-order valence-electron chi connectivity index (χ4n) is 2.36. The third kappa shape index (κ3) is 5.62. The van der Waals surface area contributed by atoms with E-state index in [1.165, 1.54) is 12.3 Å². The minimum atomic E-state index is -0.504. The predicted octanol–water partition coefficient (Wildman–Crippen LogP) is 4.32. The van der Waals surface area contributed by atoms with Crippen LogP contribution >= 0.6 is 15.9 Å². The maximum atomic E-state index is 12.0. The highest BCUT2D eigenvalue weighted by molar-refractivity contribution is 9.10. The maximum absolute atomic E-state index is 12.0. The summed E-state index contributed by atoms with van der Waals surface area (Å²) in [7, 11) is 0. The van der Waals surface area contributed by atoms with E-state index in [1.807, 2.05) is 32.9 Å². The van der Waals surface area contributed by atoms with E-state index in [2.05, 4.69) is 26.5 Å². The van der Waals surface area contributed by atoms with Crippen LogP contribution in [0.1, 0.15) is 36.5 Å². The third-order valence-corrected chi connectivity index (χ3v) is 4.65. The number of hydrazone groups is 1. The molecule has 0 bridgehead atoms. The van der Waals surface area contributed by atoms with Gasteiger partial charge in [-0.05, 0) is 42.2 Å². The van der Waals surface area contributed by atoms with Crippen LogP contribution in [0.3, 0.4) is 0 Å². The fraction of sp³-hybridized carbons (Fsp3) is 0.263. The van der Waals surface area contributed by atoms with Crippen LogP contribution in [-0.4, -0.2) is 23.7 Å². The fourth-order valence-corrected chi connectivity index (χ4v) is 2.72. The number of benzene rings is 2. The molecule has 1 amide bonds. The van der Waals surface area contributed by atoms with Crippen LogP contribution in [0.4, 0.5) is 5.69 Å². The molecule has 0 heterocycles. The number of nitro groups is 1. The van der Waals surface area contributed by atoms with Gasteiger partial charge in [-0.25, -0.2) is 5.43 Å². The van der Waals surface area contributed by atoms with Crippen molar-refractivity contribution >= 4 is 33.7 Å². The zero-order chi connectivity index (χ0) is 20.0. The Morgan fingerprint density at radius 3 is 2.74 bits per heavy atom. The molecular weight excluding hydrogens is 414 g/mol. The van der Waals surface area contributed by atoms with E-state index >= 15 is 0 Å². The van der Waals surface area contributed by atoms with Gasteiger partial charge in [0.1, 0.15) is 5.75 Å². The average Bonchev–Trinajstić information content (AvgIpc) is 2.62. The molecule has 0 atom stereocenters. The Morgan fingerprint density at radius 1 is 1.37 bits per heavy atom. The van der Waals surface area contributed by atoms with Gasteiger partial charge in [0.05, 0.1) is 16.7 Å². The number of carbonyl (C=O) groups excluding carboxylic acids is 1. The van der Waals surface area contributed by atoms with Gasteiger partial charge in [-0.3, -0.25) is 14.9 Å². The topological polar surface area (TPSA) is 93.8 Å². The summed E-state index contributed by atoms with van der Waals surface area (Å²) in [6, 6.07) is 10.00. The maximum Gasteiger partial charge on any atom is 0.278 e. The number of ether oxygens (including phenoxy) is 1. The van der Waals surface area contributed by atoms with E-state index in [-0.39, 0.29) is 18.2 Å². The van der Waals surface area contributed by atoms with Crippen LogP contribution in [0.15, 0.2) is 46.0 Å². The number of halogens is 1. The Kier molecular flexibility index (Phi) is 7.06. The monoisotopic (exact) mass is 433 g/mol. The SMILES string of the molecule is Cc1cc(OCC(=O)N/N=C\c2ccccc2[N+](=O)[O-])c(C(C)C)cc1Br. The number of nitrogens with one attached hydrogen (secondary N) is 1. The van der Waals surface area contributed by atoms with E-state index < -0.39 is 10.8 Å². The van der Waals surface area contributed by atoms with Gasteiger partial charge in [0, 0.05) is 10.5 Å². The zero-order valence-corrected chi connectivity index (χ0v) is 16.8. The van der Waals surface area contributed by atoms with Crippen LogP contribution < -0.4 is 10.2 Å². The van der Waals surface area contributed by atoms with Crippen LogP contribution in [0.25, 0.3) is 0 Å². The zero-order valence-electron chi connectivity index (χ0n) is 15.2. The van der Waals surface area contributed by atoms with E-state index in [0.717, 1.165) is 15.6 Å². The molecule has 2 rings (SSSR count). The Hall–Kier alpha value is -2.74. The molecule has 0 aliphatic rings. The van der Waals surface area contributed by atoms with Crippen molar-refractivity contribution in [2.75, 3.05) is 6.61 Å². The van der Waals surface area contributed by atoms with Crippen LogP contribution in [0, 0.1) is 17.0 Å². The van der Waals surface area contributed by atoms with Crippen molar-refractivity contribution in [3.05, 3.63) is 67.7 Å². The minimum absolute atomic E-state index is 0.0846. The predicted molar refractivity (Wildman–Crippen MR) is 107 cm³/mol. The molecule has 27 heavy (non-hydrogen) atoms. The first-order chi connectivity index (χ1) is 12.8. The quantitative estimate of drug-likeness (QED) is 0.399. The van der Waals surface area contributed by atoms with Crippen molar-refractivity contribution < 1.29 is 14.5 Å². The number of carbonyl (C=O) groups is 1. The number of aryl methyl sites for hydroxylation is 1. The van der Waals surface area contributed by atoms with Gasteiger partial charge in [-0.15, -0.1) is 0 Å². The number of hydrogen-bond donors (Lipinski definition) is 1. The number of para-hydroxylation sites is 1. The van der Waals surface area contributed by atoms with Gasteiger partial charge in [0.25, 0.3) is 11.6 Å². The van der Waals surface area contributed by atoms with Gasteiger partial charge < -0.3 is 4.74 Å². The molecule has 0 unspecified atom stereocenters. The number of rotatable bonds is 7. The lowest BCUT2D eigenvalue weighted by Gasteiger charge is -2.15. The number of amides is 1. The summed E-state index contributed by atoms with van der Waals surface area (Å²) in [5, 5.41) is 14.7. The van der Waals surface area contributed by atoms with Crippen LogP contribution in [-0.2, 0) is 4.79 Å². The number of nitro benzene ring substituents is 1. The van der Waals surface area contributed by atoms with E-state index in [1.54, 1.807) is 18.2 Å². The van der Waals surface area contributed by atoms with Crippen molar-refractivity contribution in [2.45, 2.75) is 26.7 Å². The third-order valence-electron chi connectivity index (χ3n) is 3.80. The molecule has 0 fully saturated rings. The summed E-state index contributed by atoms with van der Waals surface area (Å²) in [6.07, 6.45) is 1.24. The Bertz CT molecular complexity index is 881. The highest BCUT2D eigenvalue weighted by Gasteiger charge is 2.13. The number of hydrogen-bond acceptors (Lipinski definition) is 5. The highest BCUT2D eigenvalue weighted by atomic mass is 79.9. The van der Waals surface area contributed by atoms with E-state index in [9.17, 15) is 14.9 Å². The van der Waals surface area contributed by atoms with Crippen LogP contribution in [0.5, 0.6) is 5.75 Å². The first-order valence-corrected chi connectivity index (χ1v) is 9.07. The molecule has 7 nitrogen and oxygen atoms in total. The smallest absolute Gasteiger partial charge is 0.278 e. The van der Waals surface area contributed by atoms with Gasteiger partial charge in [0.2, 0.25) is 0 Å². The van der Waals surface area contributed by atoms with E-state index in [0.29, 0.717) is 11.3 Å². The van der Waals surface area contributed by atoms with Gasteiger partial charge >= 0.3 is 0 Å². The molecule has 2 aromatic carbocycles. The van der Waals surface area contributed by atoms with Crippen molar-refractivity contribution in [1.29, 1.82) is 0 Å². The highest BCUT2D eigenvalue weighted by Crippen LogP contribution is 2.32. The lowest BCUT2D eigenvalue weighted by molar-refractivity contribution is -0.385. The molecule has 0 radical (unpaired) electrons. The first-order valence-electron chi connectivity index (χ1n) is 8.27. The summed E-state index contributed by atoms with van der Waals surface area (Å²) < 4.78 is 6.63. The molecule has 1 N–H and O–H groups in total. The first kappa shape index (κ1) is 20.6. The molecule has 0 saturated heterocycles. The molecular formula is C19H20BrN3O4. The summed E-state index contributed by atoms with van der Waals surface area (Å²) in [4.78, 5) is 22.4. The molecule has 0 saturated carbocycles. The van der Waals surface area contributed by atoms with Crippen molar-refractivity contribution in [1.82, 2.24) is 5.43 Å². The van der Waals surface area contributed by atoms with Crippen molar-refractivity contribution in [3.8, 4) is 5.75 Å². The summed E-state index contributed by atoms with van der Waals surface area (Å²) in [5.41, 5.74) is 4.53. The number of nitrogens with zero attached hydrogens (tertiary/aromatic N) is 2. The van der Waals surface area contributed by atoms with Gasteiger partial charge in [-0.1, -0.05) is 41.9 Å². The van der Waals surface area contributed by atoms with Crippen molar-refractivity contribution in [2.24, 2.45) is 5.10 Å². The second-order valence-electron chi connectivity index (χ2n) is 6.19. The average molecular weight is 434 g/mol. The lowest BCUT2D eigenvalue weighted by Crippen LogP contribution is -2.25. The molecule has 2 aromatic rings. The van der Waals surface area contributed by atoms with Gasteiger partial charge in [0.15, 0.2) is 6.61 Å². The lowest BCUT2D eigenvalue weighted by atomic mass is 10.0. The standard InChI is InChI=1S/C19H20BrN3O4/c1-12(2)15-9-16(20)13(3)8-18(15)27-11-19(24)22-21-10-14-6-4-5-7-17(14)23(25)26/h4-10,12H,11H2,1-3H3,(H,22,24)/b21-10-.